The van der Waals surface area contributed by atoms with Gasteiger partial charge in [-0.1, -0.05) is 0 Å². The number of nitrogens with one attached hydrogen (secondary N) is 2. The van der Waals surface area contributed by atoms with E-state index in [-0.39, 0.29) is 17.9 Å². The lowest BCUT2D eigenvalue weighted by Crippen LogP contribution is -2.43. The SMILES string of the molecule is NC1CCCC(c2nc3c([N+](=O)[O-])c(Br)c(Br)cc3[nH]2)N1. The van der Waals surface area contributed by atoms with Gasteiger partial charge in [0.2, 0.25) is 0 Å². The zero-order chi connectivity index (χ0) is 15.1. The van der Waals surface area contributed by atoms with E-state index in [1.54, 1.807) is 6.07 Å². The molecule has 0 spiro atoms. The molecular formula is C12H13Br2N5O2. The lowest BCUT2D eigenvalue weighted by molar-refractivity contribution is -0.384. The third-order valence-electron chi connectivity index (χ3n) is 3.60. The molecule has 21 heavy (non-hydrogen) atoms. The van der Waals surface area contributed by atoms with Gasteiger partial charge in [0.25, 0.3) is 0 Å². The molecule has 1 aromatic carbocycles. The van der Waals surface area contributed by atoms with E-state index in [1.807, 2.05) is 0 Å². The predicted molar refractivity (Wildman–Crippen MR) is 85.9 cm³/mol. The number of piperidine rings is 1. The Morgan fingerprint density at radius 3 is 2.86 bits per heavy atom. The molecule has 1 fully saturated rings. The molecule has 1 aromatic heterocycles. The molecule has 2 unspecified atom stereocenters. The second kappa shape index (κ2) is 5.64. The number of aromatic amines is 1. The second-order valence-electron chi connectivity index (χ2n) is 5.05. The van der Waals surface area contributed by atoms with Gasteiger partial charge in [-0.15, -0.1) is 0 Å². The van der Waals surface area contributed by atoms with Crippen molar-refractivity contribution in [2.24, 2.45) is 5.73 Å². The highest BCUT2D eigenvalue weighted by atomic mass is 79.9. The van der Waals surface area contributed by atoms with E-state index in [2.05, 4.69) is 47.1 Å². The van der Waals surface area contributed by atoms with Crippen LogP contribution in [0.5, 0.6) is 0 Å². The summed E-state index contributed by atoms with van der Waals surface area (Å²) in [6.45, 7) is 0. The molecule has 2 atom stereocenters. The van der Waals surface area contributed by atoms with Crippen molar-refractivity contribution in [1.29, 1.82) is 0 Å². The lowest BCUT2D eigenvalue weighted by Gasteiger charge is -2.26. The molecular weight excluding hydrogens is 406 g/mol. The molecule has 112 valence electrons. The van der Waals surface area contributed by atoms with Crippen LogP contribution in [0, 0.1) is 10.1 Å². The van der Waals surface area contributed by atoms with E-state index < -0.39 is 4.92 Å². The van der Waals surface area contributed by atoms with Crippen LogP contribution in [-0.4, -0.2) is 21.1 Å². The van der Waals surface area contributed by atoms with E-state index in [1.165, 1.54) is 0 Å². The first-order valence-electron chi connectivity index (χ1n) is 6.51. The third kappa shape index (κ3) is 2.70. The Hall–Kier alpha value is -1.03. The van der Waals surface area contributed by atoms with Gasteiger partial charge in [0.05, 0.1) is 22.6 Å². The van der Waals surface area contributed by atoms with Gasteiger partial charge in [0, 0.05) is 4.47 Å². The van der Waals surface area contributed by atoms with Crippen LogP contribution < -0.4 is 11.1 Å². The van der Waals surface area contributed by atoms with Crippen LogP contribution in [0.1, 0.15) is 31.1 Å². The maximum atomic E-state index is 11.3. The summed E-state index contributed by atoms with van der Waals surface area (Å²) in [6.07, 6.45) is 2.77. The highest BCUT2D eigenvalue weighted by molar-refractivity contribution is 9.13. The molecule has 1 aliphatic rings. The quantitative estimate of drug-likeness (QED) is 0.512. The van der Waals surface area contributed by atoms with Crippen molar-refractivity contribution in [3.05, 3.63) is 31.0 Å². The predicted octanol–water partition coefficient (Wildman–Crippen LogP) is 3.10. The molecule has 0 aliphatic carbocycles. The van der Waals surface area contributed by atoms with Gasteiger partial charge < -0.3 is 10.7 Å². The molecule has 0 bridgehead atoms. The second-order valence-corrected chi connectivity index (χ2v) is 6.70. The molecule has 4 N–H and O–H groups in total. The average molecular weight is 419 g/mol. The number of nitrogens with two attached hydrogens (primary N) is 1. The van der Waals surface area contributed by atoms with Crippen LogP contribution in [0.25, 0.3) is 11.0 Å². The van der Waals surface area contributed by atoms with Crippen molar-refractivity contribution in [3.8, 4) is 0 Å². The smallest absolute Gasteiger partial charge is 0.312 e. The largest absolute Gasteiger partial charge is 0.340 e. The number of H-pyrrole nitrogens is 1. The fourth-order valence-corrected chi connectivity index (χ4v) is 3.48. The number of halogens is 2. The average Bonchev–Trinajstić information content (AvgIpc) is 2.82. The van der Waals surface area contributed by atoms with Crippen molar-refractivity contribution in [2.45, 2.75) is 31.5 Å². The maximum absolute atomic E-state index is 11.3. The molecule has 1 saturated heterocycles. The molecule has 9 heteroatoms. The summed E-state index contributed by atoms with van der Waals surface area (Å²) >= 11 is 6.55. The number of nitro groups is 1. The normalized spacial score (nSPS) is 22.6. The van der Waals surface area contributed by atoms with Gasteiger partial charge in [-0.25, -0.2) is 4.98 Å². The van der Waals surface area contributed by atoms with E-state index in [4.69, 9.17) is 5.73 Å². The molecule has 2 heterocycles. The number of hydrogen-bond donors (Lipinski definition) is 3. The van der Waals surface area contributed by atoms with Crippen LogP contribution >= 0.6 is 31.9 Å². The van der Waals surface area contributed by atoms with Gasteiger partial charge in [0.15, 0.2) is 5.52 Å². The lowest BCUT2D eigenvalue weighted by atomic mass is 10.0. The highest BCUT2D eigenvalue weighted by Crippen LogP contribution is 2.39. The van der Waals surface area contributed by atoms with Crippen LogP contribution in [0.2, 0.25) is 0 Å². The monoisotopic (exact) mass is 417 g/mol. The highest BCUT2D eigenvalue weighted by Gasteiger charge is 2.27. The topological polar surface area (TPSA) is 110 Å². The van der Waals surface area contributed by atoms with E-state index in [9.17, 15) is 10.1 Å². The zero-order valence-corrected chi connectivity index (χ0v) is 14.1. The number of nitrogens with zero attached hydrogens (tertiary/aromatic N) is 2. The van der Waals surface area contributed by atoms with E-state index >= 15 is 0 Å². The number of fused-ring (bicyclic) bond motifs is 1. The fraction of sp³-hybridized carbons (Fsp3) is 0.417. The number of benzene rings is 1. The van der Waals surface area contributed by atoms with Gasteiger partial charge in [-0.2, -0.15) is 0 Å². The number of hydrogen-bond acceptors (Lipinski definition) is 5. The van der Waals surface area contributed by atoms with E-state index in [0.717, 1.165) is 19.3 Å². The molecule has 2 aromatic rings. The Balaban J connectivity index is 2.11. The van der Waals surface area contributed by atoms with Gasteiger partial charge in [0.1, 0.15) is 10.3 Å². The first kappa shape index (κ1) is 14.9. The van der Waals surface area contributed by atoms with Crippen LogP contribution in [0.4, 0.5) is 5.69 Å². The summed E-state index contributed by atoms with van der Waals surface area (Å²) in [6, 6.07) is 1.78. The Labute approximate surface area is 137 Å². The number of nitro benzene ring substituents is 1. The summed E-state index contributed by atoms with van der Waals surface area (Å²) in [5.74, 6) is 0.688. The summed E-state index contributed by atoms with van der Waals surface area (Å²) in [4.78, 5) is 18.5. The van der Waals surface area contributed by atoms with Crippen molar-refractivity contribution >= 4 is 48.6 Å². The number of imidazole rings is 1. The minimum atomic E-state index is -0.429. The molecule has 3 rings (SSSR count). The fourth-order valence-electron chi connectivity index (χ4n) is 2.61. The van der Waals surface area contributed by atoms with Crippen LogP contribution in [0.15, 0.2) is 15.0 Å². The number of aromatic nitrogens is 2. The Morgan fingerprint density at radius 2 is 2.19 bits per heavy atom. The minimum absolute atomic E-state index is 0.00157. The first-order chi connectivity index (χ1) is 9.97. The first-order valence-corrected chi connectivity index (χ1v) is 8.09. The summed E-state index contributed by atoms with van der Waals surface area (Å²) < 4.78 is 1.01. The van der Waals surface area contributed by atoms with Gasteiger partial charge >= 0.3 is 5.69 Å². The summed E-state index contributed by atoms with van der Waals surface area (Å²) in [7, 11) is 0. The minimum Gasteiger partial charge on any atom is -0.340 e. The summed E-state index contributed by atoms with van der Waals surface area (Å²) in [5.41, 5.74) is 6.85. The van der Waals surface area contributed by atoms with Gasteiger partial charge in [-0.05, 0) is 57.2 Å². The van der Waals surface area contributed by atoms with Crippen LogP contribution in [-0.2, 0) is 0 Å². The summed E-state index contributed by atoms with van der Waals surface area (Å²) in [5, 5.41) is 14.6. The van der Waals surface area contributed by atoms with E-state index in [0.29, 0.717) is 25.8 Å². The molecule has 1 aliphatic heterocycles. The number of rotatable bonds is 2. The van der Waals surface area contributed by atoms with Crippen molar-refractivity contribution < 1.29 is 4.92 Å². The molecule has 0 saturated carbocycles. The Kier molecular flexibility index (Phi) is 4.00. The maximum Gasteiger partial charge on any atom is 0.312 e. The van der Waals surface area contributed by atoms with Gasteiger partial charge in [-0.3, -0.25) is 15.4 Å². The van der Waals surface area contributed by atoms with Crippen molar-refractivity contribution in [3.63, 3.8) is 0 Å². The molecule has 0 radical (unpaired) electrons. The molecule has 0 amide bonds. The Bertz CT molecular complexity index is 717. The standard InChI is InChI=1S/C12H13Br2N5O2/c13-5-4-7-10(11(9(5)14)19(20)21)18-12(17-7)6-2-1-3-8(15)16-6/h4,6,8,16H,1-3,15H2,(H,17,18). The van der Waals surface area contributed by atoms with Crippen molar-refractivity contribution in [2.75, 3.05) is 0 Å². The van der Waals surface area contributed by atoms with Crippen LogP contribution in [0.3, 0.4) is 0 Å². The third-order valence-corrected chi connectivity index (χ3v) is 5.56. The van der Waals surface area contributed by atoms with Crippen molar-refractivity contribution in [1.82, 2.24) is 15.3 Å². The Morgan fingerprint density at radius 1 is 1.43 bits per heavy atom. The molecule has 7 nitrogen and oxygen atoms in total. The zero-order valence-electron chi connectivity index (χ0n) is 10.9.